The van der Waals surface area contributed by atoms with Gasteiger partial charge in [0.25, 0.3) is 5.91 Å². The molecule has 1 amide bonds. The SMILES string of the molecule is COCCC(CO)NC(=O)c1ccc(C)cc1C. The molecule has 18 heavy (non-hydrogen) atoms. The smallest absolute Gasteiger partial charge is 0.251 e. The number of carbonyl (C=O) groups is 1. The number of aryl methyl sites for hydroxylation is 2. The highest BCUT2D eigenvalue weighted by Crippen LogP contribution is 2.10. The summed E-state index contributed by atoms with van der Waals surface area (Å²) in [5.41, 5.74) is 2.72. The molecule has 0 aliphatic heterocycles. The molecule has 1 unspecified atom stereocenters. The number of carbonyl (C=O) groups excluding carboxylic acids is 1. The second-order valence-corrected chi connectivity index (χ2v) is 4.45. The van der Waals surface area contributed by atoms with Crippen LogP contribution in [-0.4, -0.2) is 37.4 Å². The lowest BCUT2D eigenvalue weighted by molar-refractivity contribution is 0.0894. The third-order valence-electron chi connectivity index (χ3n) is 2.85. The van der Waals surface area contributed by atoms with Crippen molar-refractivity contribution >= 4 is 5.91 Å². The topological polar surface area (TPSA) is 58.6 Å². The van der Waals surface area contributed by atoms with Crippen molar-refractivity contribution in [2.75, 3.05) is 20.3 Å². The summed E-state index contributed by atoms with van der Waals surface area (Å²) < 4.78 is 4.94. The van der Waals surface area contributed by atoms with E-state index in [0.717, 1.165) is 11.1 Å². The lowest BCUT2D eigenvalue weighted by atomic mass is 10.0. The summed E-state index contributed by atoms with van der Waals surface area (Å²) in [6.45, 7) is 4.33. The molecule has 1 atom stereocenters. The Bertz CT molecular complexity index is 404. The van der Waals surface area contributed by atoms with Gasteiger partial charge in [0.05, 0.1) is 12.6 Å². The molecule has 0 aromatic heterocycles. The average molecular weight is 251 g/mol. The molecule has 0 bridgehead atoms. The van der Waals surface area contributed by atoms with Gasteiger partial charge in [0, 0.05) is 19.3 Å². The molecule has 4 nitrogen and oxygen atoms in total. The van der Waals surface area contributed by atoms with Gasteiger partial charge in [-0.2, -0.15) is 0 Å². The van der Waals surface area contributed by atoms with Gasteiger partial charge in [-0.1, -0.05) is 17.7 Å². The summed E-state index contributed by atoms with van der Waals surface area (Å²) >= 11 is 0. The number of rotatable bonds is 6. The minimum absolute atomic E-state index is 0.0833. The van der Waals surface area contributed by atoms with E-state index in [9.17, 15) is 9.90 Å². The lowest BCUT2D eigenvalue weighted by Gasteiger charge is -2.16. The van der Waals surface area contributed by atoms with Gasteiger partial charge in [-0.3, -0.25) is 4.79 Å². The Labute approximate surface area is 108 Å². The molecule has 1 rings (SSSR count). The van der Waals surface area contributed by atoms with Gasteiger partial charge in [-0.15, -0.1) is 0 Å². The fraction of sp³-hybridized carbons (Fsp3) is 0.500. The molecule has 0 aliphatic rings. The van der Waals surface area contributed by atoms with Gasteiger partial charge >= 0.3 is 0 Å². The van der Waals surface area contributed by atoms with Crippen LogP contribution in [-0.2, 0) is 4.74 Å². The number of aliphatic hydroxyl groups excluding tert-OH is 1. The number of benzene rings is 1. The normalized spacial score (nSPS) is 12.2. The highest BCUT2D eigenvalue weighted by Gasteiger charge is 2.14. The third-order valence-corrected chi connectivity index (χ3v) is 2.85. The quantitative estimate of drug-likeness (QED) is 0.804. The van der Waals surface area contributed by atoms with E-state index < -0.39 is 0 Å². The Morgan fingerprint density at radius 3 is 2.72 bits per heavy atom. The van der Waals surface area contributed by atoms with E-state index in [1.165, 1.54) is 0 Å². The number of hydrogen-bond acceptors (Lipinski definition) is 3. The van der Waals surface area contributed by atoms with Crippen LogP contribution in [0.2, 0.25) is 0 Å². The summed E-state index contributed by atoms with van der Waals surface area (Å²) in [7, 11) is 1.60. The second kappa shape index (κ2) is 7.13. The third kappa shape index (κ3) is 4.13. The molecule has 0 saturated carbocycles. The van der Waals surface area contributed by atoms with Crippen LogP contribution in [0.3, 0.4) is 0 Å². The molecule has 0 saturated heterocycles. The number of methoxy groups -OCH3 is 1. The highest BCUT2D eigenvalue weighted by molar-refractivity contribution is 5.95. The molecule has 2 N–H and O–H groups in total. The van der Waals surface area contributed by atoms with Gasteiger partial charge < -0.3 is 15.2 Å². The van der Waals surface area contributed by atoms with Crippen LogP contribution in [0.4, 0.5) is 0 Å². The summed E-state index contributed by atoms with van der Waals surface area (Å²) in [6, 6.07) is 5.42. The summed E-state index contributed by atoms with van der Waals surface area (Å²) in [5, 5.41) is 12.0. The lowest BCUT2D eigenvalue weighted by Crippen LogP contribution is -2.38. The van der Waals surface area contributed by atoms with E-state index in [1.54, 1.807) is 7.11 Å². The Balaban J connectivity index is 2.68. The zero-order valence-electron chi connectivity index (χ0n) is 11.2. The standard InChI is InChI=1S/C14H21NO3/c1-10-4-5-13(11(2)8-10)14(17)15-12(9-16)6-7-18-3/h4-5,8,12,16H,6-7,9H2,1-3H3,(H,15,17). The maximum atomic E-state index is 12.0. The second-order valence-electron chi connectivity index (χ2n) is 4.45. The molecule has 1 aromatic rings. The molecular formula is C14H21NO3. The minimum Gasteiger partial charge on any atom is -0.394 e. The number of hydrogen-bond donors (Lipinski definition) is 2. The van der Waals surface area contributed by atoms with Crippen LogP contribution in [0.15, 0.2) is 18.2 Å². The maximum Gasteiger partial charge on any atom is 0.251 e. The van der Waals surface area contributed by atoms with Crippen LogP contribution in [0, 0.1) is 13.8 Å². The fourth-order valence-corrected chi connectivity index (χ4v) is 1.80. The number of nitrogens with one attached hydrogen (secondary N) is 1. The van der Waals surface area contributed by atoms with Crippen LogP contribution in [0.1, 0.15) is 27.9 Å². The maximum absolute atomic E-state index is 12.0. The summed E-state index contributed by atoms with van der Waals surface area (Å²) in [6.07, 6.45) is 0.601. The Hall–Kier alpha value is -1.39. The van der Waals surface area contributed by atoms with E-state index >= 15 is 0 Å². The van der Waals surface area contributed by atoms with Gasteiger partial charge in [-0.25, -0.2) is 0 Å². The Kier molecular flexibility index (Phi) is 5.82. The van der Waals surface area contributed by atoms with Crippen LogP contribution >= 0.6 is 0 Å². The highest BCUT2D eigenvalue weighted by atomic mass is 16.5. The van der Waals surface area contributed by atoms with Gasteiger partial charge in [-0.05, 0) is 31.9 Å². The van der Waals surface area contributed by atoms with Crippen molar-refractivity contribution in [1.29, 1.82) is 0 Å². The summed E-state index contributed by atoms with van der Waals surface area (Å²) in [4.78, 5) is 12.0. The zero-order valence-corrected chi connectivity index (χ0v) is 11.2. The van der Waals surface area contributed by atoms with Crippen LogP contribution in [0.5, 0.6) is 0 Å². The van der Waals surface area contributed by atoms with Crippen molar-refractivity contribution in [2.45, 2.75) is 26.3 Å². The average Bonchev–Trinajstić information content (AvgIpc) is 2.34. The fourth-order valence-electron chi connectivity index (χ4n) is 1.80. The van der Waals surface area contributed by atoms with Crippen LogP contribution in [0.25, 0.3) is 0 Å². The van der Waals surface area contributed by atoms with Crippen molar-refractivity contribution < 1.29 is 14.6 Å². The van der Waals surface area contributed by atoms with Crippen molar-refractivity contribution in [1.82, 2.24) is 5.32 Å². The van der Waals surface area contributed by atoms with Gasteiger partial charge in [0.1, 0.15) is 0 Å². The first kappa shape index (κ1) is 14.7. The largest absolute Gasteiger partial charge is 0.394 e. The van der Waals surface area contributed by atoms with Crippen molar-refractivity contribution in [3.8, 4) is 0 Å². The molecular weight excluding hydrogens is 230 g/mol. The van der Waals surface area contributed by atoms with E-state index in [1.807, 2.05) is 32.0 Å². The zero-order chi connectivity index (χ0) is 13.5. The first-order valence-corrected chi connectivity index (χ1v) is 6.06. The first-order valence-electron chi connectivity index (χ1n) is 6.06. The number of ether oxygens (including phenoxy) is 1. The molecule has 0 heterocycles. The predicted octanol–water partition coefficient (Wildman–Crippen LogP) is 1.43. The molecule has 0 fully saturated rings. The molecule has 0 spiro atoms. The predicted molar refractivity (Wildman–Crippen MR) is 70.7 cm³/mol. The Morgan fingerprint density at radius 1 is 1.44 bits per heavy atom. The Morgan fingerprint density at radius 2 is 2.17 bits per heavy atom. The monoisotopic (exact) mass is 251 g/mol. The van der Waals surface area contributed by atoms with Crippen molar-refractivity contribution in [2.24, 2.45) is 0 Å². The van der Waals surface area contributed by atoms with Gasteiger partial charge in [0.2, 0.25) is 0 Å². The van der Waals surface area contributed by atoms with Gasteiger partial charge in [0.15, 0.2) is 0 Å². The van der Waals surface area contributed by atoms with Crippen molar-refractivity contribution in [3.63, 3.8) is 0 Å². The van der Waals surface area contributed by atoms with Crippen molar-refractivity contribution in [3.05, 3.63) is 34.9 Å². The van der Waals surface area contributed by atoms with E-state index in [2.05, 4.69) is 5.32 Å². The van der Waals surface area contributed by atoms with E-state index in [4.69, 9.17) is 4.74 Å². The van der Waals surface area contributed by atoms with E-state index in [-0.39, 0.29) is 18.6 Å². The first-order chi connectivity index (χ1) is 8.58. The molecule has 100 valence electrons. The minimum atomic E-state index is -0.266. The molecule has 0 radical (unpaired) electrons. The summed E-state index contributed by atoms with van der Waals surface area (Å²) in [5.74, 6) is -0.150. The molecule has 4 heteroatoms. The number of aliphatic hydroxyl groups is 1. The molecule has 0 aliphatic carbocycles. The van der Waals surface area contributed by atoms with E-state index in [0.29, 0.717) is 18.6 Å². The molecule has 1 aromatic carbocycles. The number of amides is 1. The van der Waals surface area contributed by atoms with Crippen LogP contribution < -0.4 is 5.32 Å².